The van der Waals surface area contributed by atoms with Gasteiger partial charge in [-0.1, -0.05) is 6.92 Å². The maximum atomic E-state index is 11.3. The van der Waals surface area contributed by atoms with Crippen molar-refractivity contribution in [2.45, 2.75) is 19.9 Å². The van der Waals surface area contributed by atoms with Crippen molar-refractivity contribution in [1.82, 2.24) is 10.3 Å². The molecule has 0 radical (unpaired) electrons. The SMILES string of the molecule is CCS(=O)(=O)CCCOc1ccc(CNCCOC)nc1. The van der Waals surface area contributed by atoms with Gasteiger partial charge in [-0.3, -0.25) is 4.98 Å². The monoisotopic (exact) mass is 316 g/mol. The normalized spacial score (nSPS) is 11.5. The summed E-state index contributed by atoms with van der Waals surface area (Å²) in [5.74, 6) is 1.00. The van der Waals surface area contributed by atoms with Crippen LogP contribution in [0, 0.1) is 0 Å². The molecule has 1 rings (SSSR count). The van der Waals surface area contributed by atoms with Crippen LogP contribution in [0.2, 0.25) is 0 Å². The number of aromatic nitrogens is 1. The number of hydrogen-bond donors (Lipinski definition) is 1. The summed E-state index contributed by atoms with van der Waals surface area (Å²) >= 11 is 0. The number of nitrogens with zero attached hydrogens (tertiary/aromatic N) is 1. The van der Waals surface area contributed by atoms with Crippen molar-refractivity contribution in [2.24, 2.45) is 0 Å². The summed E-state index contributed by atoms with van der Waals surface area (Å²) in [5.41, 5.74) is 0.923. The fourth-order valence-electron chi connectivity index (χ4n) is 1.60. The predicted molar refractivity (Wildman–Crippen MR) is 82.3 cm³/mol. The Morgan fingerprint density at radius 2 is 2.10 bits per heavy atom. The molecule has 0 amide bonds. The molecule has 0 saturated carbocycles. The van der Waals surface area contributed by atoms with Crippen LogP contribution in [0.4, 0.5) is 0 Å². The van der Waals surface area contributed by atoms with Crippen LogP contribution in [0.1, 0.15) is 19.0 Å². The first kappa shape index (κ1) is 17.9. The molecule has 0 saturated heterocycles. The van der Waals surface area contributed by atoms with Gasteiger partial charge in [-0.25, -0.2) is 8.42 Å². The van der Waals surface area contributed by atoms with Crippen LogP contribution in [-0.4, -0.2) is 51.8 Å². The molecule has 6 nitrogen and oxygen atoms in total. The maximum Gasteiger partial charge on any atom is 0.150 e. The molecule has 0 unspecified atom stereocenters. The van der Waals surface area contributed by atoms with Crippen molar-refractivity contribution in [1.29, 1.82) is 0 Å². The molecule has 1 heterocycles. The Balaban J connectivity index is 2.25. The summed E-state index contributed by atoms with van der Waals surface area (Å²) in [6.45, 7) is 4.16. The standard InChI is InChI=1S/C14H24N2O4S/c1-3-21(17,18)10-4-8-20-14-6-5-13(16-12-14)11-15-7-9-19-2/h5-6,12,15H,3-4,7-11H2,1-2H3. The Bertz CT molecular complexity index is 488. The van der Waals surface area contributed by atoms with E-state index in [1.807, 2.05) is 12.1 Å². The van der Waals surface area contributed by atoms with Crippen LogP contribution in [0.15, 0.2) is 18.3 Å². The van der Waals surface area contributed by atoms with E-state index in [9.17, 15) is 8.42 Å². The molecule has 0 aliphatic carbocycles. The van der Waals surface area contributed by atoms with Gasteiger partial charge in [-0.05, 0) is 18.6 Å². The van der Waals surface area contributed by atoms with Gasteiger partial charge < -0.3 is 14.8 Å². The van der Waals surface area contributed by atoms with Crippen molar-refractivity contribution < 1.29 is 17.9 Å². The molecule has 1 N–H and O–H groups in total. The molecule has 0 spiro atoms. The lowest BCUT2D eigenvalue weighted by Crippen LogP contribution is -2.19. The molecule has 0 aromatic carbocycles. The Labute approximate surface area is 126 Å². The lowest BCUT2D eigenvalue weighted by atomic mass is 10.3. The van der Waals surface area contributed by atoms with Gasteiger partial charge in [0, 0.05) is 26.0 Å². The first-order valence-electron chi connectivity index (χ1n) is 7.05. The second kappa shape index (κ2) is 9.70. The minimum atomic E-state index is -2.91. The van der Waals surface area contributed by atoms with Crippen LogP contribution in [0.3, 0.4) is 0 Å². The third-order valence-corrected chi connectivity index (χ3v) is 4.69. The van der Waals surface area contributed by atoms with E-state index >= 15 is 0 Å². The first-order valence-corrected chi connectivity index (χ1v) is 8.87. The van der Waals surface area contributed by atoms with E-state index in [1.54, 1.807) is 20.2 Å². The number of nitrogens with one attached hydrogen (secondary N) is 1. The Hall–Kier alpha value is -1.18. The summed E-state index contributed by atoms with van der Waals surface area (Å²) in [5, 5.41) is 3.20. The zero-order valence-electron chi connectivity index (χ0n) is 12.7. The lowest BCUT2D eigenvalue weighted by Gasteiger charge is -2.07. The van der Waals surface area contributed by atoms with Crippen molar-refractivity contribution in [2.75, 3.05) is 38.4 Å². The quantitative estimate of drug-likeness (QED) is 0.614. The van der Waals surface area contributed by atoms with Crippen LogP contribution >= 0.6 is 0 Å². The first-order chi connectivity index (χ1) is 10.1. The third-order valence-electron chi connectivity index (χ3n) is 2.89. The van der Waals surface area contributed by atoms with Gasteiger partial charge in [0.2, 0.25) is 0 Å². The van der Waals surface area contributed by atoms with Crippen LogP contribution in [0.5, 0.6) is 5.75 Å². The van der Waals surface area contributed by atoms with E-state index < -0.39 is 9.84 Å². The van der Waals surface area contributed by atoms with E-state index in [-0.39, 0.29) is 11.5 Å². The number of rotatable bonds is 11. The molecular weight excluding hydrogens is 292 g/mol. The maximum absolute atomic E-state index is 11.3. The van der Waals surface area contributed by atoms with E-state index in [4.69, 9.17) is 9.47 Å². The van der Waals surface area contributed by atoms with Gasteiger partial charge in [0.05, 0.1) is 30.9 Å². The number of sulfone groups is 1. The lowest BCUT2D eigenvalue weighted by molar-refractivity contribution is 0.199. The highest BCUT2D eigenvalue weighted by Crippen LogP contribution is 2.09. The highest BCUT2D eigenvalue weighted by Gasteiger charge is 2.06. The highest BCUT2D eigenvalue weighted by molar-refractivity contribution is 7.91. The third kappa shape index (κ3) is 7.99. The van der Waals surface area contributed by atoms with Gasteiger partial charge in [-0.15, -0.1) is 0 Å². The van der Waals surface area contributed by atoms with Crippen LogP contribution in [-0.2, 0) is 21.1 Å². The largest absolute Gasteiger partial charge is 0.492 e. The molecule has 0 fully saturated rings. The minimum Gasteiger partial charge on any atom is -0.492 e. The number of methoxy groups -OCH3 is 1. The summed E-state index contributed by atoms with van der Waals surface area (Å²) < 4.78 is 33.1. The molecule has 0 aliphatic heterocycles. The van der Waals surface area contributed by atoms with Crippen molar-refractivity contribution in [3.63, 3.8) is 0 Å². The summed E-state index contributed by atoms with van der Waals surface area (Å²) in [6.07, 6.45) is 2.15. The van der Waals surface area contributed by atoms with Gasteiger partial charge in [0.15, 0.2) is 0 Å². The molecule has 0 atom stereocenters. The topological polar surface area (TPSA) is 77.5 Å². The summed E-state index contributed by atoms with van der Waals surface area (Å²) in [7, 11) is -1.25. The molecule has 1 aromatic rings. The molecule has 0 bridgehead atoms. The molecule has 7 heteroatoms. The number of pyridine rings is 1. The van der Waals surface area contributed by atoms with Gasteiger partial charge in [-0.2, -0.15) is 0 Å². The smallest absolute Gasteiger partial charge is 0.150 e. The number of hydrogen-bond acceptors (Lipinski definition) is 6. The average Bonchev–Trinajstić information content (AvgIpc) is 2.49. The molecule has 1 aromatic heterocycles. The molecule has 0 aliphatic rings. The summed E-state index contributed by atoms with van der Waals surface area (Å²) in [6, 6.07) is 3.73. The van der Waals surface area contributed by atoms with Crippen LogP contribution < -0.4 is 10.1 Å². The zero-order chi connectivity index (χ0) is 15.6. The van der Waals surface area contributed by atoms with Crippen LogP contribution in [0.25, 0.3) is 0 Å². The van der Waals surface area contributed by atoms with E-state index in [0.717, 1.165) is 12.2 Å². The molecule has 21 heavy (non-hydrogen) atoms. The van der Waals surface area contributed by atoms with E-state index in [0.29, 0.717) is 31.9 Å². The van der Waals surface area contributed by atoms with Gasteiger partial charge in [0.25, 0.3) is 0 Å². The molecule has 120 valence electrons. The predicted octanol–water partition coefficient (Wildman–Crippen LogP) is 1.02. The average molecular weight is 316 g/mol. The highest BCUT2D eigenvalue weighted by atomic mass is 32.2. The Morgan fingerprint density at radius 3 is 2.71 bits per heavy atom. The Morgan fingerprint density at radius 1 is 1.29 bits per heavy atom. The van der Waals surface area contributed by atoms with Crippen molar-refractivity contribution in [3.05, 3.63) is 24.0 Å². The number of ether oxygens (including phenoxy) is 2. The van der Waals surface area contributed by atoms with Gasteiger partial charge in [0.1, 0.15) is 15.6 Å². The second-order valence-electron chi connectivity index (χ2n) is 4.59. The minimum absolute atomic E-state index is 0.165. The zero-order valence-corrected chi connectivity index (χ0v) is 13.5. The Kier molecular flexibility index (Phi) is 8.26. The second-order valence-corrected chi connectivity index (χ2v) is 7.07. The van der Waals surface area contributed by atoms with Crippen molar-refractivity contribution >= 4 is 9.84 Å². The fraction of sp³-hybridized carbons (Fsp3) is 0.643. The summed E-state index contributed by atoms with van der Waals surface area (Å²) in [4.78, 5) is 4.27. The van der Waals surface area contributed by atoms with Gasteiger partial charge >= 0.3 is 0 Å². The molecular formula is C14H24N2O4S. The van der Waals surface area contributed by atoms with Crippen molar-refractivity contribution in [3.8, 4) is 5.75 Å². The van der Waals surface area contributed by atoms with E-state index in [1.165, 1.54) is 0 Å². The fourth-order valence-corrected chi connectivity index (χ4v) is 2.45. The van der Waals surface area contributed by atoms with E-state index in [2.05, 4.69) is 10.3 Å².